The summed E-state index contributed by atoms with van der Waals surface area (Å²) in [5, 5.41) is 0. The second-order valence-electron chi connectivity index (χ2n) is 5.34. The van der Waals surface area contributed by atoms with Crippen LogP contribution in [0, 0.1) is 0 Å². The number of benzene rings is 1. The van der Waals surface area contributed by atoms with Crippen molar-refractivity contribution in [3.05, 3.63) is 24.3 Å². The molecule has 0 radical (unpaired) electrons. The molecule has 0 N–H and O–H groups in total. The van der Waals surface area contributed by atoms with Crippen LogP contribution in [0.3, 0.4) is 0 Å². The Kier molecular flexibility index (Phi) is 6.52. The van der Waals surface area contributed by atoms with Gasteiger partial charge in [-0.1, -0.05) is 0 Å². The number of nitrogens with zero attached hydrogens (tertiary/aromatic N) is 1. The Morgan fingerprint density at radius 2 is 1.55 bits per heavy atom. The van der Waals surface area contributed by atoms with Crippen molar-refractivity contribution in [2.75, 3.05) is 13.2 Å². The van der Waals surface area contributed by atoms with Crippen LogP contribution in [-0.4, -0.2) is 36.1 Å². The number of esters is 1. The van der Waals surface area contributed by atoms with Crippen molar-refractivity contribution in [3.63, 3.8) is 0 Å². The van der Waals surface area contributed by atoms with E-state index in [1.807, 2.05) is 12.1 Å². The lowest BCUT2D eigenvalue weighted by Crippen LogP contribution is -2.39. The van der Waals surface area contributed by atoms with Gasteiger partial charge in [-0.15, -0.1) is 0 Å². The van der Waals surface area contributed by atoms with E-state index in [0.29, 0.717) is 24.4 Å². The Balaban J connectivity index is 2.43. The second-order valence-corrected chi connectivity index (χ2v) is 5.34. The number of ether oxygens (including phenoxy) is 2. The van der Waals surface area contributed by atoms with Gasteiger partial charge in [-0.2, -0.15) is 0 Å². The lowest BCUT2D eigenvalue weighted by Gasteiger charge is -2.30. The van der Waals surface area contributed by atoms with E-state index in [0.717, 1.165) is 12.3 Å². The van der Waals surface area contributed by atoms with E-state index in [-0.39, 0.29) is 5.97 Å². The Hall–Kier alpha value is -1.55. The van der Waals surface area contributed by atoms with Gasteiger partial charge in [0.05, 0.1) is 0 Å². The molecule has 4 nitrogen and oxygen atoms in total. The summed E-state index contributed by atoms with van der Waals surface area (Å²) in [5.41, 5.74) is 0. The van der Waals surface area contributed by atoms with Crippen molar-refractivity contribution in [2.45, 2.75) is 46.7 Å². The smallest absolute Gasteiger partial charge is 0.308 e. The minimum Gasteiger partial charge on any atom is -0.492 e. The number of hydrogen-bond donors (Lipinski definition) is 0. The van der Waals surface area contributed by atoms with Gasteiger partial charge in [0.1, 0.15) is 18.1 Å². The highest BCUT2D eigenvalue weighted by Gasteiger charge is 2.12. The third-order valence-corrected chi connectivity index (χ3v) is 3.03. The molecule has 0 aliphatic carbocycles. The monoisotopic (exact) mass is 279 g/mol. The van der Waals surface area contributed by atoms with Gasteiger partial charge < -0.3 is 9.47 Å². The molecule has 0 bridgehead atoms. The summed E-state index contributed by atoms with van der Waals surface area (Å²) >= 11 is 0. The number of carbonyl (C=O) groups is 1. The molecule has 0 spiro atoms. The summed E-state index contributed by atoms with van der Waals surface area (Å²) in [6.07, 6.45) is 0. The minimum atomic E-state index is -0.317. The molecule has 0 aliphatic rings. The first kappa shape index (κ1) is 16.5. The summed E-state index contributed by atoms with van der Waals surface area (Å²) in [6.45, 7) is 11.7. The lowest BCUT2D eigenvalue weighted by atomic mass is 10.2. The van der Waals surface area contributed by atoms with E-state index in [4.69, 9.17) is 9.47 Å². The largest absolute Gasteiger partial charge is 0.492 e. The molecular weight excluding hydrogens is 254 g/mol. The standard InChI is InChI=1S/C16H25NO3/c1-12(2)17(13(3)4)10-11-19-15-6-8-16(9-7-15)20-14(5)18/h6-9,12-13H,10-11H2,1-5H3. The van der Waals surface area contributed by atoms with E-state index < -0.39 is 0 Å². The Morgan fingerprint density at radius 3 is 2.00 bits per heavy atom. The van der Waals surface area contributed by atoms with E-state index in [9.17, 15) is 4.79 Å². The van der Waals surface area contributed by atoms with Gasteiger partial charge >= 0.3 is 5.97 Å². The van der Waals surface area contributed by atoms with Crippen LogP contribution in [0.15, 0.2) is 24.3 Å². The van der Waals surface area contributed by atoms with Gasteiger partial charge in [-0.05, 0) is 52.0 Å². The fourth-order valence-corrected chi connectivity index (χ4v) is 2.15. The van der Waals surface area contributed by atoms with Crippen molar-refractivity contribution in [3.8, 4) is 11.5 Å². The quantitative estimate of drug-likeness (QED) is 0.568. The molecule has 0 saturated carbocycles. The van der Waals surface area contributed by atoms with Crippen LogP contribution in [0.4, 0.5) is 0 Å². The molecular formula is C16H25NO3. The van der Waals surface area contributed by atoms with E-state index in [2.05, 4.69) is 32.6 Å². The topological polar surface area (TPSA) is 38.8 Å². The summed E-state index contributed by atoms with van der Waals surface area (Å²) in [5.74, 6) is 1.01. The summed E-state index contributed by atoms with van der Waals surface area (Å²) in [6, 6.07) is 8.11. The van der Waals surface area contributed by atoms with Gasteiger partial charge in [0.2, 0.25) is 0 Å². The van der Waals surface area contributed by atoms with Crippen LogP contribution in [0.2, 0.25) is 0 Å². The summed E-state index contributed by atoms with van der Waals surface area (Å²) < 4.78 is 10.7. The molecule has 112 valence electrons. The molecule has 0 heterocycles. The van der Waals surface area contributed by atoms with Crippen molar-refractivity contribution in [2.24, 2.45) is 0 Å². The molecule has 1 rings (SSSR count). The third kappa shape index (κ3) is 5.61. The van der Waals surface area contributed by atoms with Gasteiger partial charge in [0.15, 0.2) is 0 Å². The number of hydrogen-bond acceptors (Lipinski definition) is 4. The normalized spacial score (nSPS) is 11.2. The zero-order valence-corrected chi connectivity index (χ0v) is 13.1. The molecule has 0 atom stereocenters. The fourth-order valence-electron chi connectivity index (χ4n) is 2.15. The molecule has 0 fully saturated rings. The first-order valence-electron chi connectivity index (χ1n) is 7.07. The van der Waals surface area contributed by atoms with Crippen LogP contribution < -0.4 is 9.47 Å². The van der Waals surface area contributed by atoms with E-state index in [1.54, 1.807) is 12.1 Å². The fraction of sp³-hybridized carbons (Fsp3) is 0.562. The molecule has 1 aromatic carbocycles. The molecule has 0 unspecified atom stereocenters. The van der Waals surface area contributed by atoms with Crippen LogP contribution in [0.5, 0.6) is 11.5 Å². The Labute approximate surface area is 121 Å². The molecule has 4 heteroatoms. The molecule has 1 aromatic rings. The van der Waals surface area contributed by atoms with Crippen molar-refractivity contribution < 1.29 is 14.3 Å². The SMILES string of the molecule is CC(=O)Oc1ccc(OCCN(C(C)C)C(C)C)cc1. The van der Waals surface area contributed by atoms with Gasteiger partial charge in [0.25, 0.3) is 0 Å². The van der Waals surface area contributed by atoms with Crippen molar-refractivity contribution in [1.82, 2.24) is 4.90 Å². The molecule has 0 aliphatic heterocycles. The third-order valence-electron chi connectivity index (χ3n) is 3.03. The maximum Gasteiger partial charge on any atom is 0.308 e. The van der Waals surface area contributed by atoms with E-state index >= 15 is 0 Å². The van der Waals surface area contributed by atoms with Crippen LogP contribution in [0.25, 0.3) is 0 Å². The predicted octanol–water partition coefficient (Wildman–Crippen LogP) is 3.11. The van der Waals surface area contributed by atoms with Crippen molar-refractivity contribution >= 4 is 5.97 Å². The van der Waals surface area contributed by atoms with Crippen LogP contribution in [0.1, 0.15) is 34.6 Å². The summed E-state index contributed by atoms with van der Waals surface area (Å²) in [7, 11) is 0. The first-order chi connectivity index (χ1) is 9.40. The predicted molar refractivity (Wildman–Crippen MR) is 80.2 cm³/mol. The van der Waals surface area contributed by atoms with Gasteiger partial charge in [0, 0.05) is 25.6 Å². The zero-order valence-electron chi connectivity index (χ0n) is 13.1. The second kappa shape index (κ2) is 7.90. The number of rotatable bonds is 7. The average Bonchev–Trinajstić information content (AvgIpc) is 2.35. The highest BCUT2D eigenvalue weighted by molar-refractivity contribution is 5.69. The first-order valence-corrected chi connectivity index (χ1v) is 7.07. The molecule has 0 aromatic heterocycles. The number of carbonyl (C=O) groups excluding carboxylic acids is 1. The van der Waals surface area contributed by atoms with Gasteiger partial charge in [-0.3, -0.25) is 9.69 Å². The molecule has 0 saturated heterocycles. The highest BCUT2D eigenvalue weighted by Crippen LogP contribution is 2.17. The van der Waals surface area contributed by atoms with Gasteiger partial charge in [-0.25, -0.2) is 0 Å². The minimum absolute atomic E-state index is 0.317. The van der Waals surface area contributed by atoms with Crippen LogP contribution >= 0.6 is 0 Å². The Morgan fingerprint density at radius 1 is 1.05 bits per heavy atom. The van der Waals surface area contributed by atoms with Crippen molar-refractivity contribution in [1.29, 1.82) is 0 Å². The zero-order chi connectivity index (χ0) is 15.1. The van der Waals surface area contributed by atoms with E-state index in [1.165, 1.54) is 6.92 Å². The lowest BCUT2D eigenvalue weighted by molar-refractivity contribution is -0.131. The maximum absolute atomic E-state index is 10.8. The Bertz CT molecular complexity index is 404. The van der Waals surface area contributed by atoms with Crippen LogP contribution in [-0.2, 0) is 4.79 Å². The highest BCUT2D eigenvalue weighted by atomic mass is 16.5. The molecule has 20 heavy (non-hydrogen) atoms. The molecule has 0 amide bonds. The average molecular weight is 279 g/mol. The summed E-state index contributed by atoms with van der Waals surface area (Å²) in [4.78, 5) is 13.2. The maximum atomic E-state index is 10.8.